The van der Waals surface area contributed by atoms with Gasteiger partial charge in [0.1, 0.15) is 5.75 Å². The SMILES string of the molecule is COc1ccc(C2=CCN(C(=O)C3CCC(N)CC3)CC2)cc1. The highest BCUT2D eigenvalue weighted by Crippen LogP contribution is 2.28. The fourth-order valence-corrected chi connectivity index (χ4v) is 3.56. The number of benzene rings is 1. The minimum atomic E-state index is 0.186. The quantitative estimate of drug-likeness (QED) is 0.933. The lowest BCUT2D eigenvalue weighted by molar-refractivity contribution is -0.136. The van der Waals surface area contributed by atoms with Crippen molar-refractivity contribution in [3.8, 4) is 5.75 Å². The predicted molar refractivity (Wildman–Crippen MR) is 92.1 cm³/mol. The summed E-state index contributed by atoms with van der Waals surface area (Å²) in [5, 5.41) is 0. The number of nitrogens with zero attached hydrogens (tertiary/aromatic N) is 1. The number of carbonyl (C=O) groups excluding carboxylic acids is 1. The van der Waals surface area contributed by atoms with E-state index in [4.69, 9.17) is 10.5 Å². The summed E-state index contributed by atoms with van der Waals surface area (Å²) >= 11 is 0. The van der Waals surface area contributed by atoms with Gasteiger partial charge in [0, 0.05) is 25.0 Å². The molecule has 1 aromatic carbocycles. The lowest BCUT2D eigenvalue weighted by Gasteiger charge is -2.33. The van der Waals surface area contributed by atoms with Crippen LogP contribution in [0.1, 0.15) is 37.7 Å². The Balaban J connectivity index is 1.60. The highest BCUT2D eigenvalue weighted by atomic mass is 16.5. The number of amides is 1. The van der Waals surface area contributed by atoms with Crippen LogP contribution in [0.3, 0.4) is 0 Å². The van der Waals surface area contributed by atoms with Gasteiger partial charge in [-0.3, -0.25) is 4.79 Å². The second-order valence-corrected chi connectivity index (χ2v) is 6.60. The number of ether oxygens (including phenoxy) is 1. The maximum atomic E-state index is 12.6. The third-order valence-electron chi connectivity index (χ3n) is 5.10. The molecule has 4 heteroatoms. The van der Waals surface area contributed by atoms with Gasteiger partial charge in [-0.05, 0) is 55.4 Å². The summed E-state index contributed by atoms with van der Waals surface area (Å²) in [4.78, 5) is 14.6. The number of carbonyl (C=O) groups is 1. The van der Waals surface area contributed by atoms with Crippen LogP contribution in [0.15, 0.2) is 30.3 Å². The van der Waals surface area contributed by atoms with Crippen LogP contribution < -0.4 is 10.5 Å². The van der Waals surface area contributed by atoms with Crippen LogP contribution in [-0.4, -0.2) is 37.0 Å². The molecule has 1 amide bonds. The van der Waals surface area contributed by atoms with Crippen LogP contribution in [0, 0.1) is 5.92 Å². The maximum absolute atomic E-state index is 12.6. The van der Waals surface area contributed by atoms with E-state index >= 15 is 0 Å². The van der Waals surface area contributed by atoms with Gasteiger partial charge in [-0.25, -0.2) is 0 Å². The van der Waals surface area contributed by atoms with Crippen LogP contribution >= 0.6 is 0 Å². The van der Waals surface area contributed by atoms with E-state index in [1.54, 1.807) is 7.11 Å². The maximum Gasteiger partial charge on any atom is 0.225 e. The van der Waals surface area contributed by atoms with Crippen molar-refractivity contribution in [1.29, 1.82) is 0 Å². The molecular weight excluding hydrogens is 288 g/mol. The molecule has 2 aliphatic rings. The topological polar surface area (TPSA) is 55.6 Å². The largest absolute Gasteiger partial charge is 0.497 e. The van der Waals surface area contributed by atoms with E-state index in [1.807, 2.05) is 17.0 Å². The van der Waals surface area contributed by atoms with E-state index in [9.17, 15) is 4.79 Å². The van der Waals surface area contributed by atoms with Gasteiger partial charge in [0.2, 0.25) is 5.91 Å². The minimum absolute atomic E-state index is 0.186. The van der Waals surface area contributed by atoms with Gasteiger partial charge < -0.3 is 15.4 Å². The molecule has 1 fully saturated rings. The average molecular weight is 314 g/mol. The molecule has 4 nitrogen and oxygen atoms in total. The van der Waals surface area contributed by atoms with Crippen molar-refractivity contribution in [2.45, 2.75) is 38.1 Å². The van der Waals surface area contributed by atoms with E-state index in [0.717, 1.165) is 50.9 Å². The number of nitrogens with two attached hydrogens (primary N) is 1. The summed E-state index contributed by atoms with van der Waals surface area (Å²) in [6, 6.07) is 8.44. The van der Waals surface area contributed by atoms with Gasteiger partial charge in [0.25, 0.3) is 0 Å². The van der Waals surface area contributed by atoms with Gasteiger partial charge in [0.05, 0.1) is 7.11 Å². The fraction of sp³-hybridized carbons (Fsp3) is 0.526. The number of hydrogen-bond donors (Lipinski definition) is 1. The molecule has 0 radical (unpaired) electrons. The Morgan fingerprint density at radius 2 is 1.87 bits per heavy atom. The summed E-state index contributed by atoms with van der Waals surface area (Å²) in [5.74, 6) is 1.38. The third-order valence-corrected chi connectivity index (χ3v) is 5.10. The highest BCUT2D eigenvalue weighted by Gasteiger charge is 2.29. The standard InChI is InChI=1S/C19H26N2O2/c1-23-18-8-4-14(5-9-18)15-10-12-21(13-11-15)19(22)16-2-6-17(20)7-3-16/h4-5,8-10,16-17H,2-3,6-7,11-13,20H2,1H3. The van der Waals surface area contributed by atoms with Crippen LogP contribution in [0.4, 0.5) is 0 Å². The minimum Gasteiger partial charge on any atom is -0.497 e. The first-order valence-electron chi connectivity index (χ1n) is 8.55. The van der Waals surface area contributed by atoms with Gasteiger partial charge in [-0.15, -0.1) is 0 Å². The molecule has 0 unspecified atom stereocenters. The summed E-state index contributed by atoms with van der Waals surface area (Å²) in [6.45, 7) is 1.54. The third kappa shape index (κ3) is 3.75. The van der Waals surface area contributed by atoms with Crippen LogP contribution in [0.5, 0.6) is 5.75 Å². The molecule has 1 aliphatic carbocycles. The molecule has 23 heavy (non-hydrogen) atoms. The van der Waals surface area contributed by atoms with Crippen molar-refractivity contribution >= 4 is 11.5 Å². The second kappa shape index (κ2) is 7.18. The first kappa shape index (κ1) is 16.1. The van der Waals surface area contributed by atoms with Crippen molar-refractivity contribution < 1.29 is 9.53 Å². The zero-order chi connectivity index (χ0) is 16.2. The Morgan fingerprint density at radius 1 is 1.17 bits per heavy atom. The molecule has 0 atom stereocenters. The lowest BCUT2D eigenvalue weighted by Crippen LogP contribution is -2.41. The normalized spacial score (nSPS) is 25.0. The Hall–Kier alpha value is -1.81. The highest BCUT2D eigenvalue weighted by molar-refractivity contribution is 5.80. The van der Waals surface area contributed by atoms with Crippen molar-refractivity contribution in [1.82, 2.24) is 4.90 Å². The predicted octanol–water partition coefficient (Wildman–Crippen LogP) is 2.83. The molecule has 0 saturated heterocycles. The van der Waals surface area contributed by atoms with Gasteiger partial charge in [-0.2, -0.15) is 0 Å². The lowest BCUT2D eigenvalue weighted by atomic mass is 9.85. The molecule has 0 spiro atoms. The zero-order valence-electron chi connectivity index (χ0n) is 13.8. The average Bonchev–Trinajstić information content (AvgIpc) is 2.62. The van der Waals surface area contributed by atoms with E-state index in [-0.39, 0.29) is 5.92 Å². The fourth-order valence-electron chi connectivity index (χ4n) is 3.56. The summed E-state index contributed by atoms with van der Waals surface area (Å²) < 4.78 is 5.20. The Morgan fingerprint density at radius 3 is 2.43 bits per heavy atom. The van der Waals surface area contributed by atoms with Crippen molar-refractivity contribution in [3.63, 3.8) is 0 Å². The number of hydrogen-bond acceptors (Lipinski definition) is 3. The molecule has 2 N–H and O–H groups in total. The van der Waals surface area contributed by atoms with Gasteiger partial charge >= 0.3 is 0 Å². The summed E-state index contributed by atoms with van der Waals surface area (Å²) in [5.41, 5.74) is 8.48. The van der Waals surface area contributed by atoms with Crippen molar-refractivity contribution in [2.24, 2.45) is 11.7 Å². The van der Waals surface area contributed by atoms with E-state index < -0.39 is 0 Å². The smallest absolute Gasteiger partial charge is 0.225 e. The molecule has 1 heterocycles. The molecule has 124 valence electrons. The molecule has 3 rings (SSSR count). The van der Waals surface area contributed by atoms with E-state index in [1.165, 1.54) is 11.1 Å². The monoisotopic (exact) mass is 314 g/mol. The van der Waals surface area contributed by atoms with Gasteiger partial charge in [-0.1, -0.05) is 18.2 Å². The molecule has 1 aliphatic heterocycles. The summed E-state index contributed by atoms with van der Waals surface area (Å²) in [7, 11) is 1.68. The van der Waals surface area contributed by atoms with Crippen LogP contribution in [0.2, 0.25) is 0 Å². The molecule has 1 aromatic rings. The van der Waals surface area contributed by atoms with Crippen molar-refractivity contribution in [2.75, 3.05) is 20.2 Å². The second-order valence-electron chi connectivity index (χ2n) is 6.60. The van der Waals surface area contributed by atoms with E-state index in [2.05, 4.69) is 18.2 Å². The first-order valence-corrected chi connectivity index (χ1v) is 8.55. The molecule has 0 bridgehead atoms. The Bertz CT molecular complexity index is 572. The first-order chi connectivity index (χ1) is 11.2. The van der Waals surface area contributed by atoms with Crippen LogP contribution in [-0.2, 0) is 4.79 Å². The van der Waals surface area contributed by atoms with Crippen molar-refractivity contribution in [3.05, 3.63) is 35.9 Å². The van der Waals surface area contributed by atoms with E-state index in [0.29, 0.717) is 11.9 Å². The summed E-state index contributed by atoms with van der Waals surface area (Å²) in [6.07, 6.45) is 6.98. The Kier molecular flexibility index (Phi) is 5.01. The van der Waals surface area contributed by atoms with Gasteiger partial charge in [0.15, 0.2) is 0 Å². The molecule has 0 aromatic heterocycles. The molecule has 1 saturated carbocycles. The number of methoxy groups -OCH3 is 1. The number of rotatable bonds is 3. The van der Waals surface area contributed by atoms with Crippen LogP contribution in [0.25, 0.3) is 5.57 Å². The zero-order valence-corrected chi connectivity index (χ0v) is 13.8. The molecular formula is C19H26N2O2. The Labute approximate surface area is 138 Å².